The molecule has 2 atom stereocenters. The summed E-state index contributed by atoms with van der Waals surface area (Å²) in [7, 11) is 0. The van der Waals surface area contributed by atoms with E-state index in [-0.39, 0.29) is 5.25 Å². The molecule has 1 fully saturated rings. The molecule has 0 saturated carbocycles. The van der Waals surface area contributed by atoms with E-state index in [1.807, 2.05) is 25.1 Å². The zero-order chi connectivity index (χ0) is 9.26. The number of benzene rings is 1. The zero-order valence-electron chi connectivity index (χ0n) is 7.57. The number of carbonyl (C=O) groups excluding carboxylic acids is 1. The van der Waals surface area contributed by atoms with E-state index in [0.29, 0.717) is 17.5 Å². The summed E-state index contributed by atoms with van der Waals surface area (Å²) in [4.78, 5) is 11.3. The van der Waals surface area contributed by atoms with Crippen LogP contribution in [0.15, 0.2) is 30.3 Å². The highest BCUT2D eigenvalue weighted by Crippen LogP contribution is 2.42. The van der Waals surface area contributed by atoms with Gasteiger partial charge in [-0.1, -0.05) is 30.3 Å². The summed E-state index contributed by atoms with van der Waals surface area (Å²) in [6, 6.07) is 10.3. The molecule has 1 aliphatic rings. The molecular weight excluding hydrogens is 180 g/mol. The first-order chi connectivity index (χ1) is 6.27. The molecule has 1 saturated heterocycles. The van der Waals surface area contributed by atoms with Crippen LogP contribution in [0.1, 0.15) is 24.2 Å². The Kier molecular flexibility index (Phi) is 2.40. The maximum absolute atomic E-state index is 11.3. The summed E-state index contributed by atoms with van der Waals surface area (Å²) in [6.45, 7) is 2.00. The van der Waals surface area contributed by atoms with Gasteiger partial charge in [-0.15, -0.1) is 11.8 Å². The molecule has 1 aromatic rings. The molecule has 0 bridgehead atoms. The Labute approximate surface area is 82.5 Å². The van der Waals surface area contributed by atoms with E-state index >= 15 is 0 Å². The molecule has 1 nitrogen and oxygen atoms in total. The van der Waals surface area contributed by atoms with Crippen molar-refractivity contribution in [3.63, 3.8) is 0 Å². The lowest BCUT2D eigenvalue weighted by Gasteiger charge is -2.07. The lowest BCUT2D eigenvalue weighted by molar-refractivity contribution is -0.117. The van der Waals surface area contributed by atoms with E-state index in [1.165, 1.54) is 5.56 Å². The van der Waals surface area contributed by atoms with Crippen molar-refractivity contribution in [1.82, 2.24) is 0 Å². The smallest absolute Gasteiger partial charge is 0.147 e. The first-order valence-corrected chi connectivity index (χ1v) is 5.45. The van der Waals surface area contributed by atoms with E-state index in [1.54, 1.807) is 11.8 Å². The van der Waals surface area contributed by atoms with Gasteiger partial charge >= 0.3 is 0 Å². The van der Waals surface area contributed by atoms with Crippen molar-refractivity contribution in [3.8, 4) is 0 Å². The van der Waals surface area contributed by atoms with Gasteiger partial charge in [-0.3, -0.25) is 4.79 Å². The Bertz CT molecular complexity index is 307. The maximum atomic E-state index is 11.3. The third-order valence-electron chi connectivity index (χ3n) is 2.38. The highest BCUT2D eigenvalue weighted by Gasteiger charge is 2.30. The van der Waals surface area contributed by atoms with Crippen molar-refractivity contribution in [2.45, 2.75) is 23.8 Å². The Morgan fingerprint density at radius 2 is 2.00 bits per heavy atom. The molecular formula is C11H12OS. The van der Waals surface area contributed by atoms with Crippen LogP contribution in [-0.4, -0.2) is 11.0 Å². The Hall–Kier alpha value is -0.760. The summed E-state index contributed by atoms with van der Waals surface area (Å²) < 4.78 is 0. The number of hydrogen-bond acceptors (Lipinski definition) is 2. The molecule has 2 unspecified atom stereocenters. The van der Waals surface area contributed by atoms with Crippen LogP contribution in [0.4, 0.5) is 0 Å². The average molecular weight is 192 g/mol. The van der Waals surface area contributed by atoms with E-state index in [0.717, 1.165) is 0 Å². The van der Waals surface area contributed by atoms with Crippen LogP contribution in [0.2, 0.25) is 0 Å². The van der Waals surface area contributed by atoms with E-state index < -0.39 is 0 Å². The van der Waals surface area contributed by atoms with Gasteiger partial charge in [-0.05, 0) is 12.5 Å². The average Bonchev–Trinajstić information content (AvgIpc) is 2.49. The molecule has 1 heterocycles. The minimum Gasteiger partial charge on any atom is -0.298 e. The van der Waals surface area contributed by atoms with Crippen LogP contribution in [0.25, 0.3) is 0 Å². The van der Waals surface area contributed by atoms with Gasteiger partial charge in [0.15, 0.2) is 0 Å². The molecule has 0 amide bonds. The fourth-order valence-corrected chi connectivity index (χ4v) is 2.90. The van der Waals surface area contributed by atoms with Gasteiger partial charge < -0.3 is 0 Å². The van der Waals surface area contributed by atoms with Gasteiger partial charge in [0.1, 0.15) is 5.78 Å². The normalized spacial score (nSPS) is 27.9. The number of thioether (sulfide) groups is 1. The van der Waals surface area contributed by atoms with Crippen molar-refractivity contribution in [2.24, 2.45) is 0 Å². The highest BCUT2D eigenvalue weighted by molar-refractivity contribution is 8.01. The van der Waals surface area contributed by atoms with E-state index in [2.05, 4.69) is 12.1 Å². The van der Waals surface area contributed by atoms with Crippen LogP contribution in [0.5, 0.6) is 0 Å². The molecule has 68 valence electrons. The largest absolute Gasteiger partial charge is 0.298 e. The van der Waals surface area contributed by atoms with E-state index in [4.69, 9.17) is 0 Å². The quantitative estimate of drug-likeness (QED) is 0.680. The monoisotopic (exact) mass is 192 g/mol. The molecule has 0 aromatic heterocycles. The van der Waals surface area contributed by atoms with Crippen molar-refractivity contribution in [2.75, 3.05) is 0 Å². The molecule has 0 spiro atoms. The third-order valence-corrected chi connectivity index (χ3v) is 3.82. The minimum atomic E-state index is 0.185. The van der Waals surface area contributed by atoms with Crippen molar-refractivity contribution in [1.29, 1.82) is 0 Å². The second kappa shape index (κ2) is 3.54. The number of ketones is 1. The zero-order valence-corrected chi connectivity index (χ0v) is 8.38. The number of carbonyl (C=O) groups is 1. The molecule has 13 heavy (non-hydrogen) atoms. The lowest BCUT2D eigenvalue weighted by atomic mass is 10.1. The Morgan fingerprint density at radius 1 is 1.31 bits per heavy atom. The van der Waals surface area contributed by atoms with Gasteiger partial charge in [0.2, 0.25) is 0 Å². The first-order valence-electron chi connectivity index (χ1n) is 4.50. The number of hydrogen-bond donors (Lipinski definition) is 0. The SMILES string of the molecule is CC1SC(c2ccccc2)CC1=O. The maximum Gasteiger partial charge on any atom is 0.147 e. The molecule has 2 heteroatoms. The lowest BCUT2D eigenvalue weighted by Crippen LogP contribution is -2.03. The van der Waals surface area contributed by atoms with Gasteiger partial charge in [-0.2, -0.15) is 0 Å². The van der Waals surface area contributed by atoms with Crippen LogP contribution in [0.3, 0.4) is 0 Å². The highest BCUT2D eigenvalue weighted by atomic mass is 32.2. The van der Waals surface area contributed by atoms with Crippen LogP contribution < -0.4 is 0 Å². The molecule has 2 rings (SSSR count). The fourth-order valence-electron chi connectivity index (χ4n) is 1.58. The number of Topliss-reactive ketones (excluding diaryl/α,β-unsaturated/α-hetero) is 1. The second-order valence-electron chi connectivity index (χ2n) is 3.35. The standard InChI is InChI=1S/C11H12OS/c1-8-10(12)7-11(13-8)9-5-3-2-4-6-9/h2-6,8,11H,7H2,1H3. The summed E-state index contributed by atoms with van der Waals surface area (Å²) in [5.41, 5.74) is 1.28. The summed E-state index contributed by atoms with van der Waals surface area (Å²) >= 11 is 1.78. The van der Waals surface area contributed by atoms with E-state index in [9.17, 15) is 4.79 Å². The molecule has 0 N–H and O–H groups in total. The Morgan fingerprint density at radius 3 is 2.54 bits per heavy atom. The number of rotatable bonds is 1. The summed E-state index contributed by atoms with van der Waals surface area (Å²) in [5, 5.41) is 0.578. The summed E-state index contributed by atoms with van der Waals surface area (Å²) in [6.07, 6.45) is 0.704. The second-order valence-corrected chi connectivity index (χ2v) is 4.90. The molecule has 0 radical (unpaired) electrons. The van der Waals surface area contributed by atoms with Crippen molar-refractivity contribution in [3.05, 3.63) is 35.9 Å². The molecule has 1 aromatic carbocycles. The fraction of sp³-hybridized carbons (Fsp3) is 0.364. The van der Waals surface area contributed by atoms with Crippen LogP contribution in [-0.2, 0) is 4.79 Å². The Balaban J connectivity index is 2.17. The molecule has 0 aliphatic carbocycles. The predicted molar refractivity (Wildman–Crippen MR) is 55.9 cm³/mol. The van der Waals surface area contributed by atoms with Gasteiger partial charge in [-0.25, -0.2) is 0 Å². The first kappa shape index (κ1) is 8.82. The van der Waals surface area contributed by atoms with Crippen LogP contribution in [0, 0.1) is 0 Å². The topological polar surface area (TPSA) is 17.1 Å². The van der Waals surface area contributed by atoms with Gasteiger partial charge in [0.05, 0.1) is 5.25 Å². The van der Waals surface area contributed by atoms with Crippen LogP contribution >= 0.6 is 11.8 Å². The summed E-state index contributed by atoms with van der Waals surface area (Å²) in [5.74, 6) is 0.388. The van der Waals surface area contributed by atoms with Gasteiger partial charge in [0, 0.05) is 11.7 Å². The van der Waals surface area contributed by atoms with Crippen molar-refractivity contribution >= 4 is 17.5 Å². The molecule has 1 aliphatic heterocycles. The van der Waals surface area contributed by atoms with Crippen molar-refractivity contribution < 1.29 is 4.79 Å². The minimum absolute atomic E-state index is 0.185. The third kappa shape index (κ3) is 1.78. The predicted octanol–water partition coefficient (Wildman–Crippen LogP) is 2.82. The van der Waals surface area contributed by atoms with Gasteiger partial charge in [0.25, 0.3) is 0 Å².